The monoisotopic (exact) mass is 308 g/mol. The molecule has 0 unspecified atom stereocenters. The average Bonchev–Trinajstić information content (AvgIpc) is 2.56. The minimum absolute atomic E-state index is 0.137. The quantitative estimate of drug-likeness (QED) is 0.510. The molecule has 3 rings (SSSR count). The normalized spacial score (nSPS) is 11.2. The van der Waals surface area contributed by atoms with E-state index in [0.717, 1.165) is 10.8 Å². The van der Waals surface area contributed by atoms with Crippen molar-refractivity contribution < 1.29 is 5.11 Å². The number of hydrogen-bond acceptors (Lipinski definition) is 5. The molecule has 6 nitrogen and oxygen atoms in total. The van der Waals surface area contributed by atoms with Crippen molar-refractivity contribution in [1.82, 2.24) is 9.97 Å². The number of rotatable bonds is 4. The molecule has 0 atom stereocenters. The second-order valence-corrected chi connectivity index (χ2v) is 5.03. The van der Waals surface area contributed by atoms with E-state index in [9.17, 15) is 9.90 Å². The van der Waals surface area contributed by atoms with Crippen molar-refractivity contribution in [3.8, 4) is 5.75 Å². The number of nitrogens with one attached hydrogen (secondary N) is 2. The summed E-state index contributed by atoms with van der Waals surface area (Å²) in [6.45, 7) is 1.92. The number of benzene rings is 2. The SMILES string of the molecule is CCc1cc(=O)[nH]c(N/N=C\c2c(O)ccc3ccccc23)n1. The Morgan fingerprint density at radius 3 is 2.96 bits per heavy atom. The van der Waals surface area contributed by atoms with Gasteiger partial charge in [-0.05, 0) is 23.3 Å². The van der Waals surface area contributed by atoms with Gasteiger partial charge < -0.3 is 5.11 Å². The van der Waals surface area contributed by atoms with E-state index in [1.54, 1.807) is 6.07 Å². The fourth-order valence-corrected chi connectivity index (χ4v) is 2.32. The van der Waals surface area contributed by atoms with Crippen molar-refractivity contribution in [1.29, 1.82) is 0 Å². The molecule has 2 aromatic carbocycles. The molecule has 0 fully saturated rings. The molecule has 3 N–H and O–H groups in total. The van der Waals surface area contributed by atoms with Gasteiger partial charge in [0.1, 0.15) is 5.75 Å². The van der Waals surface area contributed by atoms with E-state index in [4.69, 9.17) is 0 Å². The van der Waals surface area contributed by atoms with E-state index >= 15 is 0 Å². The van der Waals surface area contributed by atoms with Crippen LogP contribution in [0.5, 0.6) is 5.75 Å². The maximum atomic E-state index is 11.5. The van der Waals surface area contributed by atoms with Crippen molar-refractivity contribution in [3.63, 3.8) is 0 Å². The maximum absolute atomic E-state index is 11.5. The number of anilines is 1. The minimum atomic E-state index is -0.234. The van der Waals surface area contributed by atoms with Crippen LogP contribution in [-0.2, 0) is 6.42 Å². The van der Waals surface area contributed by atoms with Crippen LogP contribution in [0.2, 0.25) is 0 Å². The van der Waals surface area contributed by atoms with Crippen LogP contribution in [0.4, 0.5) is 5.95 Å². The summed E-state index contributed by atoms with van der Waals surface area (Å²) in [6.07, 6.45) is 2.17. The van der Waals surface area contributed by atoms with E-state index in [1.807, 2.05) is 37.3 Å². The van der Waals surface area contributed by atoms with Gasteiger partial charge in [-0.15, -0.1) is 0 Å². The molecule has 0 saturated heterocycles. The van der Waals surface area contributed by atoms with Crippen LogP contribution >= 0.6 is 0 Å². The van der Waals surface area contributed by atoms with Crippen LogP contribution in [-0.4, -0.2) is 21.3 Å². The lowest BCUT2D eigenvalue weighted by Gasteiger charge is -2.05. The van der Waals surface area contributed by atoms with Crippen LogP contribution in [0, 0.1) is 0 Å². The summed E-state index contributed by atoms with van der Waals surface area (Å²) in [5.74, 6) is 0.406. The predicted molar refractivity (Wildman–Crippen MR) is 91.1 cm³/mol. The fourth-order valence-electron chi connectivity index (χ4n) is 2.32. The van der Waals surface area contributed by atoms with Gasteiger partial charge in [0.2, 0.25) is 5.95 Å². The number of phenols is 1. The average molecular weight is 308 g/mol. The summed E-state index contributed by atoms with van der Waals surface area (Å²) >= 11 is 0. The molecule has 0 bridgehead atoms. The summed E-state index contributed by atoms with van der Waals surface area (Å²) in [5.41, 5.74) is 3.74. The standard InChI is InChI=1S/C17H16N4O2/c1-2-12-9-16(23)20-17(19-12)21-18-10-14-13-6-4-3-5-11(13)7-8-15(14)22/h3-10,22H,2H2,1H3,(H2,19,20,21,23)/b18-10-. The lowest BCUT2D eigenvalue weighted by atomic mass is 10.0. The number of aromatic amines is 1. The molecule has 0 aliphatic heterocycles. The first-order valence-corrected chi connectivity index (χ1v) is 7.27. The van der Waals surface area contributed by atoms with Gasteiger partial charge in [0, 0.05) is 17.3 Å². The predicted octanol–water partition coefficient (Wildman–Crippen LogP) is 2.64. The molecule has 0 amide bonds. The molecular weight excluding hydrogens is 292 g/mol. The van der Waals surface area contributed by atoms with Gasteiger partial charge in [0.25, 0.3) is 5.56 Å². The molecule has 0 aliphatic rings. The molecule has 23 heavy (non-hydrogen) atoms. The zero-order valence-corrected chi connectivity index (χ0v) is 12.6. The number of aromatic hydroxyl groups is 1. The third-order valence-electron chi connectivity index (χ3n) is 3.47. The molecule has 1 aromatic heterocycles. The molecule has 3 aromatic rings. The number of fused-ring (bicyclic) bond motifs is 1. The maximum Gasteiger partial charge on any atom is 0.252 e. The van der Waals surface area contributed by atoms with E-state index in [2.05, 4.69) is 20.5 Å². The summed E-state index contributed by atoms with van der Waals surface area (Å²) in [5, 5.41) is 16.0. The molecule has 116 valence electrons. The molecule has 0 spiro atoms. The molecule has 6 heteroatoms. The van der Waals surface area contributed by atoms with E-state index in [0.29, 0.717) is 17.7 Å². The van der Waals surface area contributed by atoms with Gasteiger partial charge >= 0.3 is 0 Å². The third kappa shape index (κ3) is 3.21. The van der Waals surface area contributed by atoms with Gasteiger partial charge in [0.05, 0.1) is 6.21 Å². The van der Waals surface area contributed by atoms with Crippen LogP contribution in [0.15, 0.2) is 52.4 Å². The van der Waals surface area contributed by atoms with Crippen molar-refractivity contribution in [3.05, 3.63) is 64.1 Å². The summed E-state index contributed by atoms with van der Waals surface area (Å²) in [4.78, 5) is 18.3. The Morgan fingerprint density at radius 1 is 1.30 bits per heavy atom. The Kier molecular flexibility index (Phi) is 4.05. The Labute approximate surface area is 132 Å². The van der Waals surface area contributed by atoms with Crippen LogP contribution in [0.25, 0.3) is 10.8 Å². The number of nitrogens with zero attached hydrogens (tertiary/aromatic N) is 2. The van der Waals surface area contributed by atoms with Gasteiger partial charge in [-0.1, -0.05) is 37.3 Å². The Morgan fingerprint density at radius 2 is 2.13 bits per heavy atom. The van der Waals surface area contributed by atoms with Crippen LogP contribution in [0.3, 0.4) is 0 Å². The second kappa shape index (κ2) is 6.31. The Balaban J connectivity index is 1.91. The number of hydrazone groups is 1. The smallest absolute Gasteiger partial charge is 0.252 e. The first kappa shape index (κ1) is 14.8. The molecule has 0 aliphatic carbocycles. The van der Waals surface area contributed by atoms with Gasteiger partial charge in [0.15, 0.2) is 0 Å². The third-order valence-corrected chi connectivity index (χ3v) is 3.47. The van der Waals surface area contributed by atoms with Crippen molar-refractivity contribution in [2.75, 3.05) is 5.43 Å². The number of hydrogen-bond donors (Lipinski definition) is 3. The summed E-state index contributed by atoms with van der Waals surface area (Å²) < 4.78 is 0. The Hall–Kier alpha value is -3.15. The highest BCUT2D eigenvalue weighted by Crippen LogP contribution is 2.25. The van der Waals surface area contributed by atoms with E-state index in [-0.39, 0.29) is 17.3 Å². The van der Waals surface area contributed by atoms with Crippen molar-refractivity contribution in [2.45, 2.75) is 13.3 Å². The van der Waals surface area contributed by atoms with Crippen LogP contribution < -0.4 is 11.0 Å². The zero-order valence-electron chi connectivity index (χ0n) is 12.6. The molecule has 0 radical (unpaired) electrons. The van der Waals surface area contributed by atoms with E-state index < -0.39 is 0 Å². The minimum Gasteiger partial charge on any atom is -0.507 e. The van der Waals surface area contributed by atoms with Crippen LogP contribution in [0.1, 0.15) is 18.2 Å². The van der Waals surface area contributed by atoms with Crippen molar-refractivity contribution in [2.24, 2.45) is 5.10 Å². The largest absolute Gasteiger partial charge is 0.507 e. The first-order chi connectivity index (χ1) is 11.2. The molecular formula is C17H16N4O2. The number of aryl methyl sites for hydroxylation is 1. The molecule has 0 saturated carbocycles. The number of H-pyrrole nitrogens is 1. The van der Waals surface area contributed by atoms with Gasteiger partial charge in [-0.3, -0.25) is 9.78 Å². The number of phenolic OH excluding ortho intramolecular Hbond substituents is 1. The zero-order chi connectivity index (χ0) is 16.2. The lowest BCUT2D eigenvalue weighted by Crippen LogP contribution is -2.11. The molecule has 1 heterocycles. The Bertz CT molecular complexity index is 931. The fraction of sp³-hybridized carbons (Fsp3) is 0.118. The number of aromatic nitrogens is 2. The summed E-state index contributed by atoms with van der Waals surface area (Å²) in [6, 6.07) is 12.6. The topological polar surface area (TPSA) is 90.4 Å². The van der Waals surface area contributed by atoms with Gasteiger partial charge in [-0.2, -0.15) is 5.10 Å². The summed E-state index contributed by atoms with van der Waals surface area (Å²) in [7, 11) is 0. The highest BCUT2D eigenvalue weighted by Gasteiger charge is 2.04. The van der Waals surface area contributed by atoms with Crippen molar-refractivity contribution >= 4 is 22.9 Å². The second-order valence-electron chi connectivity index (χ2n) is 5.03. The van der Waals surface area contributed by atoms with E-state index in [1.165, 1.54) is 12.3 Å². The van der Waals surface area contributed by atoms with Gasteiger partial charge in [-0.25, -0.2) is 10.4 Å². The highest BCUT2D eigenvalue weighted by atomic mass is 16.3. The first-order valence-electron chi connectivity index (χ1n) is 7.27. The lowest BCUT2D eigenvalue weighted by molar-refractivity contribution is 0.475. The highest BCUT2D eigenvalue weighted by molar-refractivity contribution is 6.02.